The maximum atomic E-state index is 5.60. The van der Waals surface area contributed by atoms with E-state index in [0.29, 0.717) is 17.5 Å². The van der Waals surface area contributed by atoms with Crippen molar-refractivity contribution in [3.05, 3.63) is 249 Å². The van der Waals surface area contributed by atoms with Gasteiger partial charge < -0.3 is 9.13 Å². The third kappa shape index (κ3) is 6.36. The highest BCUT2D eigenvalue weighted by Gasteiger charge is 2.25. The van der Waals surface area contributed by atoms with Crippen molar-refractivity contribution in [2.45, 2.75) is 0 Å². The van der Waals surface area contributed by atoms with Crippen LogP contribution in [0.3, 0.4) is 0 Å². The summed E-state index contributed by atoms with van der Waals surface area (Å²) in [5.74, 6) is 1.80. The van der Waals surface area contributed by atoms with Gasteiger partial charge in [0.1, 0.15) is 0 Å². The standard InChI is InChI=1S/C65H41N5/c1-5-20-42(21-6-1)47-36-37-49-56(39-47)62(70-59-35-18-16-31-51(59)55-38-45-26-13-14-27-46(45)40-60(55)70)54(43-22-7-2-8-23-43)41-57(49)65-67-63(44-24-9-3-10-25-44)66-64(68-65)53-33-19-32-52-50-30-15-17-34-58(50)69(61(52)53)48-28-11-4-12-29-48/h1-41H. The summed E-state index contributed by atoms with van der Waals surface area (Å²) in [5, 5.41) is 9.25. The third-order valence-corrected chi connectivity index (χ3v) is 13.9. The minimum atomic E-state index is 0.595. The average molecular weight is 892 g/mol. The molecule has 0 bridgehead atoms. The van der Waals surface area contributed by atoms with E-state index in [1.165, 1.54) is 26.9 Å². The molecule has 0 N–H and O–H groups in total. The summed E-state index contributed by atoms with van der Waals surface area (Å²) in [7, 11) is 0. The molecule has 0 fully saturated rings. The second-order valence-corrected chi connectivity index (χ2v) is 17.9. The summed E-state index contributed by atoms with van der Waals surface area (Å²) in [6, 6.07) is 88.9. The van der Waals surface area contributed by atoms with Crippen molar-refractivity contribution in [3.8, 4) is 67.8 Å². The molecule has 14 aromatic rings. The molecule has 0 amide bonds. The van der Waals surface area contributed by atoms with Gasteiger partial charge in [0.15, 0.2) is 17.5 Å². The highest BCUT2D eigenvalue weighted by molar-refractivity contribution is 6.17. The Morgan fingerprint density at radius 2 is 0.800 bits per heavy atom. The highest BCUT2D eigenvalue weighted by Crippen LogP contribution is 2.46. The van der Waals surface area contributed by atoms with Crippen LogP contribution in [0.15, 0.2) is 249 Å². The molecule has 0 saturated carbocycles. The van der Waals surface area contributed by atoms with Gasteiger partial charge in [-0.05, 0) is 87.4 Å². The molecule has 5 nitrogen and oxygen atoms in total. The van der Waals surface area contributed by atoms with Gasteiger partial charge >= 0.3 is 0 Å². The van der Waals surface area contributed by atoms with Crippen molar-refractivity contribution in [1.82, 2.24) is 24.1 Å². The number of nitrogens with zero attached hydrogens (tertiary/aromatic N) is 5. The fourth-order valence-corrected chi connectivity index (χ4v) is 10.8. The average Bonchev–Trinajstić information content (AvgIpc) is 3.95. The van der Waals surface area contributed by atoms with E-state index in [0.717, 1.165) is 88.5 Å². The smallest absolute Gasteiger partial charge is 0.166 e. The number of hydrogen-bond donors (Lipinski definition) is 0. The first-order valence-electron chi connectivity index (χ1n) is 23.8. The third-order valence-electron chi connectivity index (χ3n) is 13.9. The molecule has 0 aliphatic rings. The van der Waals surface area contributed by atoms with E-state index in [-0.39, 0.29) is 0 Å². The summed E-state index contributed by atoms with van der Waals surface area (Å²) in [4.78, 5) is 16.4. The van der Waals surface area contributed by atoms with Crippen molar-refractivity contribution in [2.75, 3.05) is 0 Å². The predicted octanol–water partition coefficient (Wildman–Crippen LogP) is 16.7. The van der Waals surface area contributed by atoms with Crippen LogP contribution < -0.4 is 0 Å². The van der Waals surface area contributed by atoms with Crippen LogP contribution in [0.5, 0.6) is 0 Å². The van der Waals surface area contributed by atoms with E-state index in [1.807, 2.05) is 18.2 Å². The summed E-state index contributed by atoms with van der Waals surface area (Å²) in [6.07, 6.45) is 0. The largest absolute Gasteiger partial charge is 0.309 e. The molecule has 14 rings (SSSR count). The molecule has 0 unspecified atom stereocenters. The van der Waals surface area contributed by atoms with Crippen molar-refractivity contribution in [2.24, 2.45) is 0 Å². The van der Waals surface area contributed by atoms with E-state index in [4.69, 9.17) is 15.0 Å². The summed E-state index contributed by atoms with van der Waals surface area (Å²) in [5.41, 5.74) is 13.8. The zero-order valence-corrected chi connectivity index (χ0v) is 37.9. The minimum Gasteiger partial charge on any atom is -0.309 e. The lowest BCUT2D eigenvalue weighted by atomic mass is 9.91. The molecule has 0 aliphatic heterocycles. The first kappa shape index (κ1) is 39.7. The number of rotatable bonds is 7. The van der Waals surface area contributed by atoms with Crippen LogP contribution in [0.2, 0.25) is 0 Å². The Bertz CT molecular complexity index is 4330. The maximum Gasteiger partial charge on any atom is 0.166 e. The van der Waals surface area contributed by atoms with Crippen molar-refractivity contribution in [1.29, 1.82) is 0 Å². The van der Waals surface area contributed by atoms with Crippen molar-refractivity contribution >= 4 is 65.2 Å². The lowest BCUT2D eigenvalue weighted by Crippen LogP contribution is -2.04. The van der Waals surface area contributed by atoms with Gasteiger partial charge in [-0.2, -0.15) is 0 Å². The van der Waals surface area contributed by atoms with Crippen LogP contribution in [0.1, 0.15) is 0 Å². The minimum absolute atomic E-state index is 0.595. The van der Waals surface area contributed by atoms with Gasteiger partial charge in [0.2, 0.25) is 0 Å². The highest BCUT2D eigenvalue weighted by atomic mass is 15.1. The quantitative estimate of drug-likeness (QED) is 0.160. The van der Waals surface area contributed by atoms with Crippen LogP contribution in [0.4, 0.5) is 0 Å². The predicted molar refractivity (Wildman–Crippen MR) is 291 cm³/mol. The van der Waals surface area contributed by atoms with Crippen LogP contribution in [0.25, 0.3) is 133 Å². The molecule has 70 heavy (non-hydrogen) atoms. The van der Waals surface area contributed by atoms with Crippen LogP contribution in [0, 0.1) is 0 Å². The fourth-order valence-electron chi connectivity index (χ4n) is 10.8. The van der Waals surface area contributed by atoms with Gasteiger partial charge in [0.25, 0.3) is 0 Å². The molecule has 3 aromatic heterocycles. The Kier molecular flexibility index (Phi) is 9.14. The molecule has 326 valence electrons. The molecule has 11 aromatic carbocycles. The van der Waals surface area contributed by atoms with Gasteiger partial charge in [0, 0.05) is 54.9 Å². The van der Waals surface area contributed by atoms with Gasteiger partial charge in [-0.3, -0.25) is 0 Å². The fraction of sp³-hybridized carbons (Fsp3) is 0. The molecular weight excluding hydrogens is 851 g/mol. The lowest BCUT2D eigenvalue weighted by Gasteiger charge is -2.21. The monoisotopic (exact) mass is 891 g/mol. The molecule has 0 spiro atoms. The summed E-state index contributed by atoms with van der Waals surface area (Å²) < 4.78 is 4.85. The molecular formula is C65H41N5. The lowest BCUT2D eigenvalue weighted by molar-refractivity contribution is 1.07. The van der Waals surface area contributed by atoms with Gasteiger partial charge in [-0.1, -0.05) is 194 Å². The molecule has 0 saturated heterocycles. The zero-order chi connectivity index (χ0) is 46.1. The Balaban J connectivity index is 1.12. The van der Waals surface area contributed by atoms with Gasteiger partial charge in [0.05, 0.1) is 27.8 Å². The summed E-state index contributed by atoms with van der Waals surface area (Å²) >= 11 is 0. The van der Waals surface area contributed by atoms with E-state index in [2.05, 4.69) is 240 Å². The molecule has 0 aliphatic carbocycles. The molecule has 0 radical (unpaired) electrons. The number of hydrogen-bond acceptors (Lipinski definition) is 3. The number of fused-ring (bicyclic) bond motifs is 8. The molecule has 3 heterocycles. The van der Waals surface area contributed by atoms with Gasteiger partial charge in [-0.15, -0.1) is 0 Å². The van der Waals surface area contributed by atoms with E-state index < -0.39 is 0 Å². The Morgan fingerprint density at radius 1 is 0.257 bits per heavy atom. The normalized spacial score (nSPS) is 11.7. The second kappa shape index (κ2) is 16.1. The number of benzene rings is 11. The van der Waals surface area contributed by atoms with Crippen molar-refractivity contribution < 1.29 is 0 Å². The maximum absolute atomic E-state index is 5.60. The van der Waals surface area contributed by atoms with Gasteiger partial charge in [-0.25, -0.2) is 15.0 Å². The Hall–Kier alpha value is -9.45. The first-order chi connectivity index (χ1) is 34.7. The van der Waals surface area contributed by atoms with E-state index >= 15 is 0 Å². The van der Waals surface area contributed by atoms with Crippen molar-refractivity contribution in [3.63, 3.8) is 0 Å². The first-order valence-corrected chi connectivity index (χ1v) is 23.8. The van der Waals surface area contributed by atoms with Crippen LogP contribution >= 0.6 is 0 Å². The molecule has 5 heteroatoms. The number of para-hydroxylation sites is 4. The SMILES string of the molecule is c1ccc(-c2ccc3c(-c4nc(-c5ccccc5)nc(-c5cccc6c7ccccc7n(-c7ccccc7)c56)n4)cc(-c4ccccc4)c(-n4c5ccccc5c5cc6ccccc6cc54)c3c2)cc1. The second-order valence-electron chi connectivity index (χ2n) is 17.9. The van der Waals surface area contributed by atoms with E-state index in [1.54, 1.807) is 0 Å². The van der Waals surface area contributed by atoms with Crippen LogP contribution in [-0.4, -0.2) is 24.1 Å². The van der Waals surface area contributed by atoms with Crippen LogP contribution in [-0.2, 0) is 0 Å². The summed E-state index contributed by atoms with van der Waals surface area (Å²) in [6.45, 7) is 0. The Labute approximate surface area is 403 Å². The number of aromatic nitrogens is 5. The zero-order valence-electron chi connectivity index (χ0n) is 37.9. The topological polar surface area (TPSA) is 48.5 Å². The van der Waals surface area contributed by atoms with E-state index in [9.17, 15) is 0 Å². The molecule has 0 atom stereocenters. The Morgan fingerprint density at radius 3 is 1.51 bits per heavy atom.